The fraction of sp³-hybridized carbons (Fsp3) is 0.474. The third-order valence-electron chi connectivity index (χ3n) is 4.64. The number of rotatable bonds is 4. The Labute approximate surface area is 137 Å². The lowest BCUT2D eigenvalue weighted by atomic mass is 9.99. The largest absolute Gasteiger partial charge is 0.466 e. The number of nitrogens with zero attached hydrogens (tertiary/aromatic N) is 2. The van der Waals surface area contributed by atoms with Gasteiger partial charge in [-0.2, -0.15) is 0 Å². The van der Waals surface area contributed by atoms with Crippen LogP contribution in [-0.2, 0) is 22.4 Å². The molecule has 0 saturated carbocycles. The normalized spacial score (nSPS) is 15.2. The van der Waals surface area contributed by atoms with E-state index >= 15 is 0 Å². The van der Waals surface area contributed by atoms with Crippen molar-refractivity contribution in [3.8, 4) is 0 Å². The summed E-state index contributed by atoms with van der Waals surface area (Å²) in [6.07, 6.45) is 2.42. The number of benzene rings is 1. The van der Waals surface area contributed by atoms with Crippen LogP contribution in [0.1, 0.15) is 30.2 Å². The first-order valence-electron chi connectivity index (χ1n) is 8.44. The number of pyridine rings is 1. The number of carbonyl (C=O) groups excluding carboxylic acids is 1. The van der Waals surface area contributed by atoms with Crippen molar-refractivity contribution in [2.75, 3.05) is 26.2 Å². The maximum Gasteiger partial charge on any atom is 0.307 e. The lowest BCUT2D eigenvalue weighted by molar-refractivity contribution is -0.143. The van der Waals surface area contributed by atoms with E-state index in [9.17, 15) is 4.79 Å². The molecular formula is C19H24N2O2. The van der Waals surface area contributed by atoms with E-state index in [0.717, 1.165) is 38.0 Å². The van der Waals surface area contributed by atoms with Crippen molar-refractivity contribution >= 4 is 16.9 Å². The number of carbonyl (C=O) groups is 1. The molecule has 1 aromatic heterocycles. The molecule has 2 aromatic rings. The summed E-state index contributed by atoms with van der Waals surface area (Å²) in [5.74, 6) is -0.102. The molecule has 0 aliphatic carbocycles. The van der Waals surface area contributed by atoms with Crippen LogP contribution in [0.25, 0.3) is 10.9 Å². The van der Waals surface area contributed by atoms with Gasteiger partial charge < -0.3 is 9.64 Å². The summed E-state index contributed by atoms with van der Waals surface area (Å²) in [6.45, 7) is 7.21. The molecular weight excluding hydrogens is 288 g/mol. The molecule has 0 saturated heterocycles. The molecule has 2 heterocycles. The molecule has 0 radical (unpaired) electrons. The van der Waals surface area contributed by atoms with Crippen LogP contribution < -0.4 is 0 Å². The van der Waals surface area contributed by atoms with E-state index < -0.39 is 0 Å². The Morgan fingerprint density at radius 3 is 2.87 bits per heavy atom. The summed E-state index contributed by atoms with van der Waals surface area (Å²) in [5, 5.41) is 1.26. The lowest BCUT2D eigenvalue weighted by Crippen LogP contribution is -2.29. The van der Waals surface area contributed by atoms with Crippen LogP contribution in [0.4, 0.5) is 0 Å². The minimum absolute atomic E-state index is 0.102. The first-order valence-corrected chi connectivity index (χ1v) is 8.44. The van der Waals surface area contributed by atoms with Gasteiger partial charge >= 0.3 is 5.97 Å². The van der Waals surface area contributed by atoms with E-state index in [0.29, 0.717) is 13.0 Å². The predicted octanol–water partition coefficient (Wildman–Crippen LogP) is 2.90. The minimum Gasteiger partial charge on any atom is -0.466 e. The number of hydrogen-bond donors (Lipinski definition) is 0. The zero-order valence-corrected chi connectivity index (χ0v) is 14.0. The number of hydrogen-bond acceptors (Lipinski definition) is 4. The molecule has 1 aromatic carbocycles. The Hall–Kier alpha value is -1.94. The maximum absolute atomic E-state index is 11.5. The SMILES string of the molecule is CCOC(=O)CCN1CCc2nc3ccccc3c(C)c2CC1. The Morgan fingerprint density at radius 1 is 1.26 bits per heavy atom. The average molecular weight is 312 g/mol. The van der Waals surface area contributed by atoms with Gasteiger partial charge in [0.2, 0.25) is 0 Å². The van der Waals surface area contributed by atoms with Crippen molar-refractivity contribution in [1.29, 1.82) is 0 Å². The highest BCUT2D eigenvalue weighted by Crippen LogP contribution is 2.25. The first-order chi connectivity index (χ1) is 11.2. The van der Waals surface area contributed by atoms with Gasteiger partial charge in [0.1, 0.15) is 0 Å². The number of aryl methyl sites for hydroxylation is 1. The standard InChI is InChI=1S/C19H24N2O2/c1-3-23-19(22)10-13-21-11-8-16-14(2)15-6-4-5-7-17(15)20-18(16)9-12-21/h4-7H,3,8-13H2,1-2H3. The van der Waals surface area contributed by atoms with E-state index in [1.807, 2.05) is 13.0 Å². The van der Waals surface area contributed by atoms with Gasteiger partial charge in [0, 0.05) is 37.1 Å². The minimum atomic E-state index is -0.102. The quantitative estimate of drug-likeness (QED) is 0.814. The summed E-state index contributed by atoms with van der Waals surface area (Å²) in [6, 6.07) is 8.36. The number of ether oxygens (including phenoxy) is 1. The number of aromatic nitrogens is 1. The second-order valence-corrected chi connectivity index (χ2v) is 6.08. The summed E-state index contributed by atoms with van der Waals surface area (Å²) in [7, 11) is 0. The van der Waals surface area contributed by atoms with Crippen LogP contribution in [0, 0.1) is 6.92 Å². The maximum atomic E-state index is 11.5. The third kappa shape index (κ3) is 3.53. The van der Waals surface area contributed by atoms with Crippen LogP contribution >= 0.6 is 0 Å². The Balaban J connectivity index is 1.74. The highest BCUT2D eigenvalue weighted by molar-refractivity contribution is 5.83. The van der Waals surface area contributed by atoms with Crippen LogP contribution in [0.3, 0.4) is 0 Å². The van der Waals surface area contributed by atoms with Gasteiger partial charge in [-0.1, -0.05) is 18.2 Å². The molecule has 0 N–H and O–H groups in total. The molecule has 4 nitrogen and oxygen atoms in total. The molecule has 1 aliphatic heterocycles. The van der Waals surface area contributed by atoms with Crippen LogP contribution in [-0.4, -0.2) is 42.1 Å². The first kappa shape index (κ1) is 15.9. The molecule has 122 valence electrons. The Kier molecular flexibility index (Phi) is 4.91. The number of esters is 1. The van der Waals surface area contributed by atoms with Crippen LogP contribution in [0.2, 0.25) is 0 Å². The van der Waals surface area contributed by atoms with Gasteiger partial charge in [-0.05, 0) is 37.5 Å². The van der Waals surface area contributed by atoms with E-state index in [2.05, 4.69) is 30.0 Å². The van der Waals surface area contributed by atoms with Crippen molar-refractivity contribution in [2.24, 2.45) is 0 Å². The highest BCUT2D eigenvalue weighted by Gasteiger charge is 2.19. The predicted molar refractivity (Wildman–Crippen MR) is 91.6 cm³/mol. The molecule has 0 fully saturated rings. The summed E-state index contributed by atoms with van der Waals surface area (Å²) >= 11 is 0. The third-order valence-corrected chi connectivity index (χ3v) is 4.64. The molecule has 23 heavy (non-hydrogen) atoms. The van der Waals surface area contributed by atoms with Crippen molar-refractivity contribution in [3.05, 3.63) is 41.1 Å². The lowest BCUT2D eigenvalue weighted by Gasteiger charge is -2.18. The smallest absolute Gasteiger partial charge is 0.307 e. The molecule has 3 rings (SSSR count). The van der Waals surface area contributed by atoms with Gasteiger partial charge in [-0.15, -0.1) is 0 Å². The second-order valence-electron chi connectivity index (χ2n) is 6.08. The fourth-order valence-corrected chi connectivity index (χ4v) is 3.37. The summed E-state index contributed by atoms with van der Waals surface area (Å²) in [4.78, 5) is 18.8. The molecule has 0 amide bonds. The summed E-state index contributed by atoms with van der Waals surface area (Å²) < 4.78 is 5.02. The zero-order valence-electron chi connectivity index (χ0n) is 14.0. The number of para-hydroxylation sites is 1. The molecule has 1 aliphatic rings. The van der Waals surface area contributed by atoms with Gasteiger partial charge in [0.15, 0.2) is 0 Å². The van der Waals surface area contributed by atoms with Crippen molar-refractivity contribution in [3.63, 3.8) is 0 Å². The van der Waals surface area contributed by atoms with Gasteiger partial charge in [-0.25, -0.2) is 0 Å². The number of fused-ring (bicyclic) bond motifs is 2. The van der Waals surface area contributed by atoms with Crippen molar-refractivity contribution in [1.82, 2.24) is 9.88 Å². The summed E-state index contributed by atoms with van der Waals surface area (Å²) in [5.41, 5.74) is 5.06. The van der Waals surface area contributed by atoms with Gasteiger partial charge in [-0.3, -0.25) is 9.78 Å². The van der Waals surface area contributed by atoms with Gasteiger partial charge in [0.25, 0.3) is 0 Å². The molecule has 0 bridgehead atoms. The Bertz CT molecular complexity index is 712. The molecule has 0 atom stereocenters. The second kappa shape index (κ2) is 7.09. The van der Waals surface area contributed by atoms with Crippen molar-refractivity contribution < 1.29 is 9.53 Å². The van der Waals surface area contributed by atoms with E-state index in [1.54, 1.807) is 0 Å². The topological polar surface area (TPSA) is 42.4 Å². The van der Waals surface area contributed by atoms with Crippen LogP contribution in [0.5, 0.6) is 0 Å². The zero-order chi connectivity index (χ0) is 16.2. The van der Waals surface area contributed by atoms with E-state index in [-0.39, 0.29) is 5.97 Å². The monoisotopic (exact) mass is 312 g/mol. The highest BCUT2D eigenvalue weighted by atomic mass is 16.5. The van der Waals surface area contributed by atoms with Crippen LogP contribution in [0.15, 0.2) is 24.3 Å². The molecule has 0 spiro atoms. The Morgan fingerprint density at radius 2 is 2.04 bits per heavy atom. The fourth-order valence-electron chi connectivity index (χ4n) is 3.37. The van der Waals surface area contributed by atoms with E-state index in [4.69, 9.17) is 9.72 Å². The average Bonchev–Trinajstić information content (AvgIpc) is 2.76. The van der Waals surface area contributed by atoms with Crippen molar-refractivity contribution in [2.45, 2.75) is 33.1 Å². The molecule has 4 heteroatoms. The van der Waals surface area contributed by atoms with E-state index in [1.165, 1.54) is 22.2 Å². The van der Waals surface area contributed by atoms with Gasteiger partial charge in [0.05, 0.1) is 18.5 Å². The molecule has 0 unspecified atom stereocenters.